The van der Waals surface area contributed by atoms with Gasteiger partial charge in [0, 0.05) is 45.4 Å². The Kier molecular flexibility index (Phi) is 7.93. The first kappa shape index (κ1) is 19.8. The molecule has 146 valence electrons. The molecule has 2 aliphatic rings. The number of likely N-dealkylation sites (tertiary alicyclic amines) is 1. The Bertz CT molecular complexity index is 493. The second kappa shape index (κ2) is 10.4. The van der Waals surface area contributed by atoms with Gasteiger partial charge in [-0.15, -0.1) is 0 Å². The summed E-state index contributed by atoms with van der Waals surface area (Å²) >= 11 is 0. The zero-order chi connectivity index (χ0) is 18.2. The Morgan fingerprint density at radius 3 is 2.38 bits per heavy atom. The number of likely N-dealkylation sites (N-methyl/N-ethyl adjacent to an activating group) is 1. The van der Waals surface area contributed by atoms with Crippen LogP contribution in [0.1, 0.15) is 31.7 Å². The normalized spacial score (nSPS) is 22.5. The molecule has 0 saturated carbocycles. The third-order valence-electron chi connectivity index (χ3n) is 6.30. The third kappa shape index (κ3) is 6.05. The van der Waals surface area contributed by atoms with Crippen LogP contribution in [0.25, 0.3) is 0 Å². The van der Waals surface area contributed by atoms with Crippen molar-refractivity contribution in [3.05, 3.63) is 35.9 Å². The Labute approximate surface area is 160 Å². The number of nitrogens with zero attached hydrogens (tertiary/aromatic N) is 3. The van der Waals surface area contributed by atoms with E-state index in [4.69, 9.17) is 4.74 Å². The molecular formula is C22H37N3O. The van der Waals surface area contributed by atoms with Crippen molar-refractivity contribution in [2.45, 2.75) is 38.8 Å². The average Bonchev–Trinajstić information content (AvgIpc) is 2.69. The lowest BCUT2D eigenvalue weighted by Crippen LogP contribution is -2.51. The third-order valence-corrected chi connectivity index (χ3v) is 6.30. The van der Waals surface area contributed by atoms with Crippen LogP contribution in [0.5, 0.6) is 0 Å². The molecular weight excluding hydrogens is 322 g/mol. The lowest BCUT2D eigenvalue weighted by atomic mass is 9.89. The summed E-state index contributed by atoms with van der Waals surface area (Å²) in [6, 6.07) is 11.2. The number of hydrogen-bond donors (Lipinski definition) is 0. The van der Waals surface area contributed by atoms with Crippen molar-refractivity contribution >= 4 is 0 Å². The van der Waals surface area contributed by atoms with Crippen LogP contribution >= 0.6 is 0 Å². The van der Waals surface area contributed by atoms with Crippen molar-refractivity contribution in [1.82, 2.24) is 14.7 Å². The fraction of sp³-hybridized carbons (Fsp3) is 0.727. The molecule has 1 aromatic carbocycles. The van der Waals surface area contributed by atoms with Crippen LogP contribution in [0.2, 0.25) is 0 Å². The van der Waals surface area contributed by atoms with Gasteiger partial charge in [-0.25, -0.2) is 0 Å². The fourth-order valence-electron chi connectivity index (χ4n) is 4.34. The number of ether oxygens (including phenoxy) is 1. The first-order valence-electron chi connectivity index (χ1n) is 10.5. The topological polar surface area (TPSA) is 19.0 Å². The first-order chi connectivity index (χ1) is 12.7. The maximum absolute atomic E-state index is 5.82. The lowest BCUT2D eigenvalue weighted by Gasteiger charge is -2.42. The zero-order valence-corrected chi connectivity index (χ0v) is 16.8. The molecule has 26 heavy (non-hydrogen) atoms. The highest BCUT2D eigenvalue weighted by Gasteiger charge is 2.28. The minimum absolute atomic E-state index is 0.742. The monoisotopic (exact) mass is 359 g/mol. The van der Waals surface area contributed by atoms with Gasteiger partial charge in [0.25, 0.3) is 0 Å². The van der Waals surface area contributed by atoms with Crippen molar-refractivity contribution in [2.24, 2.45) is 5.92 Å². The van der Waals surface area contributed by atoms with Crippen molar-refractivity contribution in [2.75, 3.05) is 59.5 Å². The van der Waals surface area contributed by atoms with E-state index in [9.17, 15) is 0 Å². The molecule has 0 amide bonds. The standard InChI is InChI=1S/C22H37N3O/c1-20(25-16-14-23(2)15-17-25)22-9-12-24(13-10-22)11-6-18-26-19-21-7-4-3-5-8-21/h3-5,7-8,20,22H,6,9-19H2,1-2H3. The van der Waals surface area contributed by atoms with E-state index in [0.29, 0.717) is 0 Å². The summed E-state index contributed by atoms with van der Waals surface area (Å²) < 4.78 is 5.82. The van der Waals surface area contributed by atoms with E-state index in [-0.39, 0.29) is 0 Å². The van der Waals surface area contributed by atoms with E-state index in [1.165, 1.54) is 64.2 Å². The maximum atomic E-state index is 5.82. The quantitative estimate of drug-likeness (QED) is 0.664. The average molecular weight is 360 g/mol. The summed E-state index contributed by atoms with van der Waals surface area (Å²) in [5, 5.41) is 0. The molecule has 1 atom stereocenters. The van der Waals surface area contributed by atoms with Crippen LogP contribution in [0.3, 0.4) is 0 Å². The first-order valence-corrected chi connectivity index (χ1v) is 10.5. The summed E-state index contributed by atoms with van der Waals surface area (Å²) in [4.78, 5) is 7.81. The van der Waals surface area contributed by atoms with Crippen molar-refractivity contribution in [3.63, 3.8) is 0 Å². The van der Waals surface area contributed by atoms with Gasteiger partial charge < -0.3 is 14.5 Å². The number of piperidine rings is 1. The van der Waals surface area contributed by atoms with Crippen molar-refractivity contribution in [1.29, 1.82) is 0 Å². The molecule has 0 aliphatic carbocycles. The summed E-state index contributed by atoms with van der Waals surface area (Å²) in [6.07, 6.45) is 3.86. The smallest absolute Gasteiger partial charge is 0.0716 e. The Morgan fingerprint density at radius 2 is 1.69 bits per heavy atom. The molecule has 0 N–H and O–H groups in total. The maximum Gasteiger partial charge on any atom is 0.0716 e. The van der Waals surface area contributed by atoms with Crippen molar-refractivity contribution in [3.8, 4) is 0 Å². The van der Waals surface area contributed by atoms with Gasteiger partial charge in [0.05, 0.1) is 6.61 Å². The molecule has 2 saturated heterocycles. The van der Waals surface area contributed by atoms with E-state index < -0.39 is 0 Å². The van der Waals surface area contributed by atoms with Crippen LogP contribution in [0.15, 0.2) is 30.3 Å². The number of piperazine rings is 1. The summed E-state index contributed by atoms with van der Waals surface area (Å²) in [5.41, 5.74) is 1.27. The van der Waals surface area contributed by atoms with E-state index in [1.54, 1.807) is 0 Å². The molecule has 2 heterocycles. The van der Waals surface area contributed by atoms with E-state index in [2.05, 4.69) is 59.0 Å². The Morgan fingerprint density at radius 1 is 1.00 bits per heavy atom. The molecule has 4 heteroatoms. The van der Waals surface area contributed by atoms with Crippen LogP contribution < -0.4 is 0 Å². The van der Waals surface area contributed by atoms with Gasteiger partial charge in [0.2, 0.25) is 0 Å². The van der Waals surface area contributed by atoms with E-state index in [0.717, 1.165) is 31.6 Å². The Hall–Kier alpha value is -0.940. The predicted octanol–water partition coefficient (Wildman–Crippen LogP) is 2.94. The number of rotatable bonds is 8. The van der Waals surface area contributed by atoms with Gasteiger partial charge >= 0.3 is 0 Å². The van der Waals surface area contributed by atoms with Crippen molar-refractivity contribution < 1.29 is 4.74 Å². The van der Waals surface area contributed by atoms with Crippen LogP contribution in [-0.4, -0.2) is 80.2 Å². The summed E-state index contributed by atoms with van der Waals surface area (Å²) in [7, 11) is 2.24. The minimum atomic E-state index is 0.742. The molecule has 0 radical (unpaired) electrons. The van der Waals surface area contributed by atoms with Gasteiger partial charge in [-0.3, -0.25) is 4.90 Å². The van der Waals surface area contributed by atoms with Crippen LogP contribution in [0.4, 0.5) is 0 Å². The molecule has 0 bridgehead atoms. The molecule has 4 nitrogen and oxygen atoms in total. The molecule has 0 spiro atoms. The molecule has 2 fully saturated rings. The largest absolute Gasteiger partial charge is 0.377 e. The van der Waals surface area contributed by atoms with Crippen LogP contribution in [-0.2, 0) is 11.3 Å². The highest BCUT2D eigenvalue weighted by atomic mass is 16.5. The van der Waals surface area contributed by atoms with Gasteiger partial charge in [0.15, 0.2) is 0 Å². The number of benzene rings is 1. The lowest BCUT2D eigenvalue weighted by molar-refractivity contribution is 0.0568. The fourth-order valence-corrected chi connectivity index (χ4v) is 4.34. The van der Waals surface area contributed by atoms with Gasteiger partial charge in [0.1, 0.15) is 0 Å². The molecule has 2 aliphatic heterocycles. The van der Waals surface area contributed by atoms with E-state index >= 15 is 0 Å². The van der Waals surface area contributed by atoms with E-state index in [1.807, 2.05) is 0 Å². The van der Waals surface area contributed by atoms with Gasteiger partial charge in [-0.1, -0.05) is 30.3 Å². The van der Waals surface area contributed by atoms with Gasteiger partial charge in [-0.2, -0.15) is 0 Å². The second-order valence-electron chi connectivity index (χ2n) is 8.15. The number of hydrogen-bond acceptors (Lipinski definition) is 4. The highest BCUT2D eigenvalue weighted by Crippen LogP contribution is 2.24. The van der Waals surface area contributed by atoms with Gasteiger partial charge in [-0.05, 0) is 57.8 Å². The summed E-state index contributed by atoms with van der Waals surface area (Å²) in [6.45, 7) is 12.7. The molecule has 1 unspecified atom stereocenters. The highest BCUT2D eigenvalue weighted by molar-refractivity contribution is 5.13. The minimum Gasteiger partial charge on any atom is -0.377 e. The summed E-state index contributed by atoms with van der Waals surface area (Å²) in [5.74, 6) is 0.879. The predicted molar refractivity (Wildman–Crippen MR) is 108 cm³/mol. The molecule has 1 aromatic rings. The zero-order valence-electron chi connectivity index (χ0n) is 16.8. The molecule has 3 rings (SSSR count). The SMILES string of the molecule is CC(C1CCN(CCCOCc2ccccc2)CC1)N1CCN(C)CC1. The molecule has 0 aromatic heterocycles. The second-order valence-corrected chi connectivity index (χ2v) is 8.15. The Balaban J connectivity index is 1.26. The van der Waals surface area contributed by atoms with Crippen LogP contribution in [0, 0.1) is 5.92 Å².